The number of hydrogen-bond donors (Lipinski definition) is 1. The number of fused-ring (bicyclic) bond motifs is 1. The maximum absolute atomic E-state index is 12.6. The van der Waals surface area contributed by atoms with Crippen LogP contribution in [0, 0.1) is 6.92 Å². The predicted octanol–water partition coefficient (Wildman–Crippen LogP) is 6.07. The van der Waals surface area contributed by atoms with Crippen molar-refractivity contribution in [3.8, 4) is 11.5 Å². The average molecular weight is 396 g/mol. The molecule has 0 aliphatic rings. The molecule has 146 valence electrons. The number of carbonyl (C=O) groups is 1. The summed E-state index contributed by atoms with van der Waals surface area (Å²) in [5.74, 6) is -0.0496. The molecule has 7 heteroatoms. The van der Waals surface area contributed by atoms with E-state index >= 15 is 0 Å². The third kappa shape index (κ3) is 3.99. The van der Waals surface area contributed by atoms with E-state index in [1.165, 1.54) is 0 Å². The van der Waals surface area contributed by atoms with Crippen LogP contribution in [0.15, 0.2) is 71.1 Å². The second-order valence-corrected chi connectivity index (χ2v) is 6.60. The maximum Gasteiger partial charge on any atom is 0.416 e. The zero-order valence-electron chi connectivity index (χ0n) is 15.2. The molecular weight excluding hydrogens is 381 g/mol. The van der Waals surface area contributed by atoms with E-state index in [0.717, 1.165) is 35.4 Å². The van der Waals surface area contributed by atoms with E-state index in [4.69, 9.17) is 4.42 Å². The summed E-state index contributed by atoms with van der Waals surface area (Å²) in [4.78, 5) is 16.8. The second-order valence-electron chi connectivity index (χ2n) is 6.60. The summed E-state index contributed by atoms with van der Waals surface area (Å²) in [7, 11) is 0. The fourth-order valence-electron chi connectivity index (χ4n) is 2.92. The number of aryl methyl sites for hydroxylation is 1. The lowest BCUT2D eigenvalue weighted by Crippen LogP contribution is -2.12. The Balaban J connectivity index is 1.56. The molecule has 0 atom stereocenters. The number of rotatable bonds is 3. The van der Waals surface area contributed by atoms with Gasteiger partial charge in [0.25, 0.3) is 5.91 Å². The molecule has 0 aliphatic carbocycles. The van der Waals surface area contributed by atoms with Crippen molar-refractivity contribution in [3.05, 3.63) is 83.4 Å². The molecule has 0 aliphatic heterocycles. The monoisotopic (exact) mass is 396 g/mol. The zero-order chi connectivity index (χ0) is 20.6. The number of anilines is 1. The highest BCUT2D eigenvalue weighted by molar-refractivity contribution is 6.04. The highest BCUT2D eigenvalue weighted by Crippen LogP contribution is 2.30. The van der Waals surface area contributed by atoms with Crippen LogP contribution in [0.1, 0.15) is 21.5 Å². The molecule has 0 saturated heterocycles. The SMILES string of the molecule is Cc1cccc(-c2nc3ccc(NC(=O)c4ccc(C(F)(F)F)cc4)cc3o2)c1. The number of oxazole rings is 1. The molecule has 29 heavy (non-hydrogen) atoms. The highest BCUT2D eigenvalue weighted by atomic mass is 19.4. The molecule has 1 aromatic heterocycles. The van der Waals surface area contributed by atoms with Gasteiger partial charge in [-0.2, -0.15) is 13.2 Å². The fraction of sp³-hybridized carbons (Fsp3) is 0.0909. The van der Waals surface area contributed by atoms with Gasteiger partial charge in [-0.3, -0.25) is 4.79 Å². The van der Waals surface area contributed by atoms with Crippen molar-refractivity contribution in [1.82, 2.24) is 4.98 Å². The van der Waals surface area contributed by atoms with E-state index in [1.54, 1.807) is 18.2 Å². The van der Waals surface area contributed by atoms with Crippen LogP contribution in [0.4, 0.5) is 18.9 Å². The predicted molar refractivity (Wildman–Crippen MR) is 104 cm³/mol. The molecule has 4 rings (SSSR count). The summed E-state index contributed by atoms with van der Waals surface area (Å²) in [5, 5.41) is 2.66. The smallest absolute Gasteiger partial charge is 0.416 e. The summed E-state index contributed by atoms with van der Waals surface area (Å²) in [6.07, 6.45) is -4.44. The summed E-state index contributed by atoms with van der Waals surface area (Å²) < 4.78 is 43.7. The maximum atomic E-state index is 12.6. The molecule has 0 radical (unpaired) electrons. The number of amides is 1. The third-order valence-corrected chi connectivity index (χ3v) is 4.39. The summed E-state index contributed by atoms with van der Waals surface area (Å²) >= 11 is 0. The normalized spacial score (nSPS) is 11.6. The standard InChI is InChI=1S/C22H15F3N2O2/c1-13-3-2-4-15(11-13)21-27-18-10-9-17(12-19(18)29-21)26-20(28)14-5-7-16(8-6-14)22(23,24)25/h2-12H,1H3,(H,26,28). The van der Waals surface area contributed by atoms with Crippen molar-refractivity contribution in [2.45, 2.75) is 13.1 Å². The highest BCUT2D eigenvalue weighted by Gasteiger charge is 2.30. The first-order valence-electron chi connectivity index (χ1n) is 8.76. The number of aromatic nitrogens is 1. The van der Waals surface area contributed by atoms with Gasteiger partial charge in [-0.15, -0.1) is 0 Å². The van der Waals surface area contributed by atoms with E-state index in [9.17, 15) is 18.0 Å². The van der Waals surface area contributed by atoms with Gasteiger partial charge in [0.05, 0.1) is 5.56 Å². The van der Waals surface area contributed by atoms with Gasteiger partial charge < -0.3 is 9.73 Å². The van der Waals surface area contributed by atoms with E-state index in [2.05, 4.69) is 10.3 Å². The van der Waals surface area contributed by atoms with E-state index < -0.39 is 17.6 Å². The van der Waals surface area contributed by atoms with Crippen LogP contribution in [0.2, 0.25) is 0 Å². The Bertz CT molecular complexity index is 1190. The molecule has 1 heterocycles. The zero-order valence-corrected chi connectivity index (χ0v) is 15.2. The van der Waals surface area contributed by atoms with Crippen molar-refractivity contribution in [1.29, 1.82) is 0 Å². The largest absolute Gasteiger partial charge is 0.436 e. The van der Waals surface area contributed by atoms with Crippen LogP contribution in [0.25, 0.3) is 22.6 Å². The van der Waals surface area contributed by atoms with Crippen LogP contribution in [-0.2, 0) is 6.18 Å². The molecule has 4 nitrogen and oxygen atoms in total. The second kappa shape index (κ2) is 7.09. The average Bonchev–Trinajstić information content (AvgIpc) is 3.11. The molecule has 1 N–H and O–H groups in total. The van der Waals surface area contributed by atoms with E-state index in [-0.39, 0.29) is 5.56 Å². The molecule has 0 unspecified atom stereocenters. The lowest BCUT2D eigenvalue weighted by atomic mass is 10.1. The van der Waals surface area contributed by atoms with Crippen molar-refractivity contribution in [3.63, 3.8) is 0 Å². The lowest BCUT2D eigenvalue weighted by Gasteiger charge is -2.08. The van der Waals surface area contributed by atoms with E-state index in [1.807, 2.05) is 31.2 Å². The Hall–Kier alpha value is -3.61. The quantitative estimate of drug-likeness (QED) is 0.457. The third-order valence-electron chi connectivity index (χ3n) is 4.39. The van der Waals surface area contributed by atoms with Crippen molar-refractivity contribution in [2.24, 2.45) is 0 Å². The van der Waals surface area contributed by atoms with Gasteiger partial charge in [0.2, 0.25) is 5.89 Å². The molecule has 0 saturated carbocycles. The Morgan fingerprint density at radius 1 is 1.00 bits per heavy atom. The van der Waals surface area contributed by atoms with E-state index in [0.29, 0.717) is 22.7 Å². The minimum atomic E-state index is -4.44. The number of hydrogen-bond acceptors (Lipinski definition) is 3. The van der Waals surface area contributed by atoms with Gasteiger partial charge >= 0.3 is 6.18 Å². The number of nitrogens with one attached hydrogen (secondary N) is 1. The van der Waals surface area contributed by atoms with Crippen molar-refractivity contribution in [2.75, 3.05) is 5.32 Å². The van der Waals surface area contributed by atoms with Gasteiger partial charge in [-0.25, -0.2) is 4.98 Å². The number of benzene rings is 3. The van der Waals surface area contributed by atoms with Crippen LogP contribution in [0.5, 0.6) is 0 Å². The van der Waals surface area contributed by atoms with Crippen LogP contribution < -0.4 is 5.32 Å². The molecule has 3 aromatic carbocycles. The van der Waals surface area contributed by atoms with Gasteiger partial charge in [-0.05, 0) is 55.5 Å². The van der Waals surface area contributed by atoms with Crippen LogP contribution in [0.3, 0.4) is 0 Å². The van der Waals surface area contributed by atoms with Gasteiger partial charge in [0.15, 0.2) is 5.58 Å². The van der Waals surface area contributed by atoms with Crippen LogP contribution in [-0.4, -0.2) is 10.9 Å². The molecule has 4 aromatic rings. The first kappa shape index (κ1) is 18.7. The van der Waals surface area contributed by atoms with Crippen molar-refractivity contribution >= 4 is 22.7 Å². The minimum Gasteiger partial charge on any atom is -0.436 e. The summed E-state index contributed by atoms with van der Waals surface area (Å²) in [6, 6.07) is 16.8. The Morgan fingerprint density at radius 2 is 1.76 bits per heavy atom. The minimum absolute atomic E-state index is 0.121. The summed E-state index contributed by atoms with van der Waals surface area (Å²) in [5.41, 5.74) is 2.82. The molecular formula is C22H15F3N2O2. The topological polar surface area (TPSA) is 55.1 Å². The Morgan fingerprint density at radius 3 is 2.45 bits per heavy atom. The number of carbonyl (C=O) groups excluding carboxylic acids is 1. The fourth-order valence-corrected chi connectivity index (χ4v) is 2.92. The Labute approximate surface area is 164 Å². The molecule has 0 bridgehead atoms. The number of alkyl halides is 3. The molecule has 1 amide bonds. The molecule has 0 fully saturated rings. The number of nitrogens with zero attached hydrogens (tertiary/aromatic N) is 1. The van der Waals surface area contributed by atoms with Gasteiger partial charge in [-0.1, -0.05) is 17.7 Å². The lowest BCUT2D eigenvalue weighted by molar-refractivity contribution is -0.137. The van der Waals surface area contributed by atoms with Crippen molar-refractivity contribution < 1.29 is 22.4 Å². The van der Waals surface area contributed by atoms with Gasteiger partial charge in [0, 0.05) is 22.9 Å². The molecule has 0 spiro atoms. The first-order chi connectivity index (χ1) is 13.8. The van der Waals surface area contributed by atoms with Crippen LogP contribution >= 0.6 is 0 Å². The summed E-state index contributed by atoms with van der Waals surface area (Å²) in [6.45, 7) is 1.97. The Kier molecular flexibility index (Phi) is 4.58. The number of halogens is 3. The first-order valence-corrected chi connectivity index (χ1v) is 8.76. The van der Waals surface area contributed by atoms with Gasteiger partial charge in [0.1, 0.15) is 5.52 Å².